The third-order valence-corrected chi connectivity index (χ3v) is 10.5. The van der Waals surface area contributed by atoms with Crippen LogP contribution in [0.1, 0.15) is 5.56 Å². The third kappa shape index (κ3) is 4.57. The summed E-state index contributed by atoms with van der Waals surface area (Å²) in [6.45, 7) is 2.24. The molecule has 0 fully saturated rings. The van der Waals surface area contributed by atoms with Gasteiger partial charge in [-0.05, 0) is 77.2 Å². The average molecular weight is 651 g/mol. The van der Waals surface area contributed by atoms with Crippen LogP contribution in [0.3, 0.4) is 0 Å². The average Bonchev–Trinajstić information content (AvgIpc) is 3.71. The maximum absolute atomic E-state index is 2.44. The second-order valence-electron chi connectivity index (χ2n) is 13.4. The van der Waals surface area contributed by atoms with Gasteiger partial charge in [0.05, 0.1) is 33.4 Å². The molecular weight excluding hydrogens is 617 g/mol. The normalized spacial score (nSPS) is 11.6. The molecule has 0 aliphatic heterocycles. The predicted molar refractivity (Wildman–Crippen MR) is 216 cm³/mol. The van der Waals surface area contributed by atoms with Crippen molar-refractivity contribution in [2.75, 3.05) is 0 Å². The van der Waals surface area contributed by atoms with Crippen molar-refractivity contribution in [1.82, 2.24) is 9.13 Å². The molecule has 2 nitrogen and oxygen atoms in total. The van der Waals surface area contributed by atoms with Crippen molar-refractivity contribution in [3.05, 3.63) is 194 Å². The largest absolute Gasteiger partial charge is 0.309 e. The topological polar surface area (TPSA) is 9.86 Å². The highest BCUT2D eigenvalue weighted by atomic mass is 15.0. The van der Waals surface area contributed by atoms with Crippen molar-refractivity contribution in [3.8, 4) is 44.8 Å². The molecule has 51 heavy (non-hydrogen) atoms. The zero-order valence-corrected chi connectivity index (χ0v) is 28.3. The van der Waals surface area contributed by atoms with Crippen LogP contribution in [0.4, 0.5) is 0 Å². The molecule has 10 aromatic rings. The van der Waals surface area contributed by atoms with Crippen molar-refractivity contribution in [1.29, 1.82) is 0 Å². The Morgan fingerprint density at radius 1 is 0.314 bits per heavy atom. The molecule has 0 unspecified atom stereocenters. The number of benzene rings is 8. The van der Waals surface area contributed by atoms with E-state index in [0.717, 1.165) is 0 Å². The van der Waals surface area contributed by atoms with Crippen LogP contribution in [0, 0.1) is 6.92 Å². The predicted octanol–water partition coefficient (Wildman–Crippen LogP) is 13.2. The Morgan fingerprint density at radius 2 is 0.706 bits per heavy atom. The van der Waals surface area contributed by atoms with Crippen LogP contribution in [-0.2, 0) is 0 Å². The van der Waals surface area contributed by atoms with Gasteiger partial charge in [0.2, 0.25) is 0 Å². The highest BCUT2D eigenvalue weighted by Crippen LogP contribution is 2.42. The fourth-order valence-corrected chi connectivity index (χ4v) is 8.29. The van der Waals surface area contributed by atoms with Gasteiger partial charge in [-0.2, -0.15) is 0 Å². The molecule has 240 valence electrons. The summed E-state index contributed by atoms with van der Waals surface area (Å²) in [7, 11) is 0. The minimum atomic E-state index is 1.17. The van der Waals surface area contributed by atoms with Crippen LogP contribution in [0.15, 0.2) is 188 Å². The molecule has 8 aromatic carbocycles. The number of aromatic nitrogens is 2. The van der Waals surface area contributed by atoms with E-state index in [1.54, 1.807) is 0 Å². The number of nitrogens with zero attached hydrogens (tertiary/aromatic N) is 2. The van der Waals surface area contributed by atoms with Crippen molar-refractivity contribution in [2.45, 2.75) is 6.92 Å². The maximum atomic E-state index is 2.44. The van der Waals surface area contributed by atoms with Crippen LogP contribution in [-0.4, -0.2) is 9.13 Å². The lowest BCUT2D eigenvalue weighted by molar-refractivity contribution is 1.18. The van der Waals surface area contributed by atoms with Gasteiger partial charge in [-0.15, -0.1) is 0 Å². The Bertz CT molecular complexity index is 2830. The Balaban J connectivity index is 1.17. The first-order chi connectivity index (χ1) is 25.3. The van der Waals surface area contributed by atoms with Crippen LogP contribution in [0.5, 0.6) is 0 Å². The van der Waals surface area contributed by atoms with E-state index < -0.39 is 0 Å². The van der Waals surface area contributed by atoms with Gasteiger partial charge in [0.15, 0.2) is 0 Å². The summed E-state index contributed by atoms with van der Waals surface area (Å²) in [4.78, 5) is 0. The summed E-state index contributed by atoms with van der Waals surface area (Å²) >= 11 is 0. The summed E-state index contributed by atoms with van der Waals surface area (Å²) in [5.41, 5.74) is 15.7. The van der Waals surface area contributed by atoms with Gasteiger partial charge >= 0.3 is 0 Å². The molecule has 0 aliphatic carbocycles. The second-order valence-corrected chi connectivity index (χ2v) is 13.4. The number of aryl methyl sites for hydroxylation is 1. The van der Waals surface area contributed by atoms with Gasteiger partial charge in [0, 0.05) is 32.7 Å². The third-order valence-electron chi connectivity index (χ3n) is 10.5. The van der Waals surface area contributed by atoms with Gasteiger partial charge in [0.1, 0.15) is 0 Å². The molecule has 0 amide bonds. The van der Waals surface area contributed by atoms with Crippen molar-refractivity contribution < 1.29 is 0 Å². The number of fused-ring (bicyclic) bond motifs is 6. The van der Waals surface area contributed by atoms with E-state index in [1.807, 2.05) is 0 Å². The maximum Gasteiger partial charge on any atom is 0.0541 e. The summed E-state index contributed by atoms with van der Waals surface area (Å²) < 4.78 is 4.86. The molecule has 0 atom stereocenters. The monoisotopic (exact) mass is 650 g/mol. The standard InChI is InChI=1S/C49H34N2/c1-33-16-14-25-42(41-24-7-13-31-48(41)51-46-29-11-5-22-39(46)40-23-6-12-30-47(40)51)49(33)35-18-15-17-34(32-35)36-19-2-8-26-43(36)50-44-27-9-3-20-37(44)38-21-4-10-28-45(38)50/h2-32H,1H3. The first-order valence-corrected chi connectivity index (χ1v) is 17.6. The molecule has 0 bridgehead atoms. The van der Waals surface area contributed by atoms with E-state index >= 15 is 0 Å². The number of hydrogen-bond donors (Lipinski definition) is 0. The van der Waals surface area contributed by atoms with Gasteiger partial charge < -0.3 is 9.13 Å². The Kier molecular flexibility index (Phi) is 6.75. The molecule has 0 saturated carbocycles. The summed E-state index contributed by atoms with van der Waals surface area (Å²) in [5, 5.41) is 5.07. The number of para-hydroxylation sites is 6. The van der Waals surface area contributed by atoms with E-state index in [9.17, 15) is 0 Å². The lowest BCUT2D eigenvalue weighted by Crippen LogP contribution is -1.99. The molecule has 0 spiro atoms. The highest BCUT2D eigenvalue weighted by Gasteiger charge is 2.19. The number of hydrogen-bond acceptors (Lipinski definition) is 0. The fraction of sp³-hybridized carbons (Fsp3) is 0.0204. The van der Waals surface area contributed by atoms with Crippen LogP contribution < -0.4 is 0 Å². The molecule has 2 heterocycles. The van der Waals surface area contributed by atoms with E-state index in [1.165, 1.54) is 93.9 Å². The van der Waals surface area contributed by atoms with E-state index in [-0.39, 0.29) is 0 Å². The fourth-order valence-electron chi connectivity index (χ4n) is 8.29. The van der Waals surface area contributed by atoms with Gasteiger partial charge in [-0.1, -0.05) is 146 Å². The number of rotatable bonds is 5. The molecule has 0 saturated heterocycles. The van der Waals surface area contributed by atoms with Crippen molar-refractivity contribution in [3.63, 3.8) is 0 Å². The lowest BCUT2D eigenvalue weighted by Gasteiger charge is -2.19. The Labute approximate surface area is 297 Å². The molecular formula is C49H34N2. The van der Waals surface area contributed by atoms with Crippen molar-refractivity contribution >= 4 is 43.6 Å². The minimum Gasteiger partial charge on any atom is -0.309 e. The van der Waals surface area contributed by atoms with E-state index in [0.29, 0.717) is 0 Å². The molecule has 0 radical (unpaired) electrons. The smallest absolute Gasteiger partial charge is 0.0541 e. The molecule has 2 heteroatoms. The summed E-state index contributed by atoms with van der Waals surface area (Å²) in [5.74, 6) is 0. The van der Waals surface area contributed by atoms with Crippen LogP contribution in [0.25, 0.3) is 88.4 Å². The van der Waals surface area contributed by atoms with E-state index in [2.05, 4.69) is 204 Å². The van der Waals surface area contributed by atoms with Crippen LogP contribution in [0.2, 0.25) is 0 Å². The van der Waals surface area contributed by atoms with Gasteiger partial charge in [0.25, 0.3) is 0 Å². The SMILES string of the molecule is Cc1cccc(-c2ccccc2-n2c3ccccc3c3ccccc32)c1-c1cccc(-c2ccccc2-n2c3ccccc3c3ccccc32)c1. The zero-order valence-electron chi connectivity index (χ0n) is 28.3. The molecule has 10 rings (SSSR count). The van der Waals surface area contributed by atoms with Gasteiger partial charge in [-0.25, -0.2) is 0 Å². The summed E-state index contributed by atoms with van der Waals surface area (Å²) in [6, 6.07) is 68.4. The second kappa shape index (κ2) is 11.8. The van der Waals surface area contributed by atoms with E-state index in [4.69, 9.17) is 0 Å². The highest BCUT2D eigenvalue weighted by molar-refractivity contribution is 6.11. The molecule has 0 aliphatic rings. The quantitative estimate of drug-likeness (QED) is 0.175. The molecule has 0 N–H and O–H groups in total. The first kappa shape index (κ1) is 29.3. The Morgan fingerprint density at radius 3 is 1.25 bits per heavy atom. The Hall–Kier alpha value is -6.64. The van der Waals surface area contributed by atoms with Gasteiger partial charge in [-0.3, -0.25) is 0 Å². The van der Waals surface area contributed by atoms with Crippen LogP contribution >= 0.6 is 0 Å². The van der Waals surface area contributed by atoms with Crippen molar-refractivity contribution in [2.24, 2.45) is 0 Å². The first-order valence-electron chi connectivity index (χ1n) is 17.6. The summed E-state index contributed by atoms with van der Waals surface area (Å²) in [6.07, 6.45) is 0. The minimum absolute atomic E-state index is 1.17. The zero-order chi connectivity index (χ0) is 33.9. The molecule has 2 aromatic heterocycles. The lowest BCUT2D eigenvalue weighted by atomic mass is 9.88.